The summed E-state index contributed by atoms with van der Waals surface area (Å²) in [6, 6.07) is 5.18. The minimum absolute atomic E-state index is 0.0462. The molecule has 0 saturated heterocycles. The van der Waals surface area contributed by atoms with Gasteiger partial charge in [-0.1, -0.05) is 17.7 Å². The van der Waals surface area contributed by atoms with Crippen LogP contribution in [0.1, 0.15) is 37.8 Å². The van der Waals surface area contributed by atoms with E-state index in [1.54, 1.807) is 12.1 Å². The molecule has 1 fully saturated rings. The largest absolute Gasteiger partial charge is 0.481 e. The highest BCUT2D eigenvalue weighted by Crippen LogP contribution is 2.35. The van der Waals surface area contributed by atoms with Crippen molar-refractivity contribution in [1.29, 1.82) is 0 Å². The van der Waals surface area contributed by atoms with Crippen molar-refractivity contribution in [3.8, 4) is 0 Å². The SMILES string of the molecule is CC(c1ccc(F)c(Cl)c1)N(CCC(=O)O)C1CC1. The lowest BCUT2D eigenvalue weighted by atomic mass is 10.1. The topological polar surface area (TPSA) is 40.5 Å². The number of hydrogen-bond donors (Lipinski definition) is 1. The maximum Gasteiger partial charge on any atom is 0.304 e. The summed E-state index contributed by atoms with van der Waals surface area (Å²) in [4.78, 5) is 12.9. The zero-order valence-corrected chi connectivity index (χ0v) is 11.5. The fourth-order valence-corrected chi connectivity index (χ4v) is 2.48. The summed E-state index contributed by atoms with van der Waals surface area (Å²) in [5, 5.41) is 8.91. The Morgan fingerprint density at radius 2 is 2.26 bits per heavy atom. The first-order valence-electron chi connectivity index (χ1n) is 6.41. The molecule has 0 spiro atoms. The van der Waals surface area contributed by atoms with E-state index in [2.05, 4.69) is 4.90 Å². The van der Waals surface area contributed by atoms with Gasteiger partial charge in [0.2, 0.25) is 0 Å². The third-order valence-corrected chi connectivity index (χ3v) is 3.81. The Hall–Kier alpha value is -1.13. The van der Waals surface area contributed by atoms with Gasteiger partial charge in [0.15, 0.2) is 0 Å². The predicted octanol–water partition coefficient (Wildman–Crippen LogP) is 3.48. The fourth-order valence-electron chi connectivity index (χ4n) is 2.29. The van der Waals surface area contributed by atoms with Gasteiger partial charge in [0.05, 0.1) is 11.4 Å². The Morgan fingerprint density at radius 1 is 1.58 bits per heavy atom. The van der Waals surface area contributed by atoms with E-state index in [0.29, 0.717) is 12.6 Å². The monoisotopic (exact) mass is 285 g/mol. The smallest absolute Gasteiger partial charge is 0.304 e. The highest BCUT2D eigenvalue weighted by Gasteiger charge is 2.32. The van der Waals surface area contributed by atoms with Gasteiger partial charge in [-0.25, -0.2) is 4.39 Å². The normalized spacial score (nSPS) is 16.6. The number of nitrogens with zero attached hydrogens (tertiary/aromatic N) is 1. The number of rotatable bonds is 6. The first-order chi connectivity index (χ1) is 8.99. The second kappa shape index (κ2) is 5.88. The molecule has 0 aromatic heterocycles. The van der Waals surface area contributed by atoms with Crippen molar-refractivity contribution >= 4 is 17.6 Å². The quantitative estimate of drug-likeness (QED) is 0.870. The van der Waals surface area contributed by atoms with Crippen molar-refractivity contribution in [2.75, 3.05) is 6.54 Å². The summed E-state index contributed by atoms with van der Waals surface area (Å²) in [6.45, 7) is 2.51. The number of carboxylic acid groups (broad SMARTS) is 1. The second-order valence-corrected chi connectivity index (χ2v) is 5.37. The molecule has 1 saturated carbocycles. The van der Waals surface area contributed by atoms with Crippen LogP contribution in [0.4, 0.5) is 4.39 Å². The molecule has 1 unspecified atom stereocenters. The average Bonchev–Trinajstić information content (AvgIpc) is 3.16. The summed E-state index contributed by atoms with van der Waals surface area (Å²) >= 11 is 5.80. The van der Waals surface area contributed by atoms with E-state index < -0.39 is 11.8 Å². The van der Waals surface area contributed by atoms with Gasteiger partial charge in [-0.05, 0) is 37.5 Å². The Balaban J connectivity index is 2.11. The zero-order valence-electron chi connectivity index (χ0n) is 10.8. The van der Waals surface area contributed by atoms with Crippen LogP contribution in [0.5, 0.6) is 0 Å². The van der Waals surface area contributed by atoms with E-state index in [9.17, 15) is 9.18 Å². The van der Waals surface area contributed by atoms with Gasteiger partial charge in [-0.2, -0.15) is 0 Å². The lowest BCUT2D eigenvalue weighted by Gasteiger charge is -2.29. The first-order valence-corrected chi connectivity index (χ1v) is 6.79. The van der Waals surface area contributed by atoms with E-state index in [0.717, 1.165) is 18.4 Å². The van der Waals surface area contributed by atoms with Crippen LogP contribution in [-0.4, -0.2) is 28.6 Å². The molecule has 1 aromatic carbocycles. The van der Waals surface area contributed by atoms with Crippen molar-refractivity contribution in [2.45, 2.75) is 38.3 Å². The number of carboxylic acids is 1. The van der Waals surface area contributed by atoms with Crippen LogP contribution in [0.15, 0.2) is 18.2 Å². The minimum Gasteiger partial charge on any atom is -0.481 e. The molecule has 1 aliphatic carbocycles. The average molecular weight is 286 g/mol. The van der Waals surface area contributed by atoms with Crippen molar-refractivity contribution in [3.05, 3.63) is 34.6 Å². The van der Waals surface area contributed by atoms with Crippen LogP contribution in [0, 0.1) is 5.82 Å². The Morgan fingerprint density at radius 3 is 2.79 bits per heavy atom. The van der Waals surface area contributed by atoms with Gasteiger partial charge in [0, 0.05) is 18.6 Å². The van der Waals surface area contributed by atoms with Gasteiger partial charge in [0.1, 0.15) is 5.82 Å². The van der Waals surface area contributed by atoms with E-state index in [1.807, 2.05) is 6.92 Å². The van der Waals surface area contributed by atoms with Gasteiger partial charge in [-0.15, -0.1) is 0 Å². The van der Waals surface area contributed by atoms with E-state index in [1.165, 1.54) is 6.07 Å². The van der Waals surface area contributed by atoms with Crippen LogP contribution in [0.3, 0.4) is 0 Å². The molecule has 3 nitrogen and oxygen atoms in total. The van der Waals surface area contributed by atoms with Gasteiger partial charge in [-0.3, -0.25) is 9.69 Å². The number of carbonyl (C=O) groups is 1. The van der Waals surface area contributed by atoms with Crippen LogP contribution in [0.25, 0.3) is 0 Å². The van der Waals surface area contributed by atoms with Gasteiger partial charge < -0.3 is 5.11 Å². The molecular formula is C14H17ClFNO2. The molecule has 2 rings (SSSR count). The molecule has 104 valence electrons. The maximum absolute atomic E-state index is 13.2. The molecule has 19 heavy (non-hydrogen) atoms. The fraction of sp³-hybridized carbons (Fsp3) is 0.500. The highest BCUT2D eigenvalue weighted by molar-refractivity contribution is 6.30. The molecule has 0 aliphatic heterocycles. The van der Waals surface area contributed by atoms with Crippen molar-refractivity contribution in [2.24, 2.45) is 0 Å². The van der Waals surface area contributed by atoms with Crippen LogP contribution in [0.2, 0.25) is 5.02 Å². The summed E-state index contributed by atoms with van der Waals surface area (Å²) in [5.74, 6) is -1.23. The minimum atomic E-state index is -0.796. The summed E-state index contributed by atoms with van der Waals surface area (Å²) < 4.78 is 13.2. The standard InChI is InChI=1S/C14H17ClFNO2/c1-9(10-2-5-13(16)12(15)8-10)17(11-3-4-11)7-6-14(18)19/h2,5,8-9,11H,3-4,6-7H2,1H3,(H,18,19). The first kappa shape index (κ1) is 14.3. The molecule has 1 aromatic rings. The van der Waals surface area contributed by atoms with Crippen molar-refractivity contribution in [3.63, 3.8) is 0 Å². The molecular weight excluding hydrogens is 269 g/mol. The van der Waals surface area contributed by atoms with Crippen LogP contribution < -0.4 is 0 Å². The van der Waals surface area contributed by atoms with Crippen molar-refractivity contribution in [1.82, 2.24) is 4.90 Å². The highest BCUT2D eigenvalue weighted by atomic mass is 35.5. The van der Waals surface area contributed by atoms with E-state index >= 15 is 0 Å². The lowest BCUT2D eigenvalue weighted by molar-refractivity contribution is -0.137. The summed E-state index contributed by atoms with van der Waals surface area (Å²) in [7, 11) is 0. The van der Waals surface area contributed by atoms with E-state index in [4.69, 9.17) is 16.7 Å². The zero-order chi connectivity index (χ0) is 14.0. The Kier molecular flexibility index (Phi) is 4.42. The maximum atomic E-state index is 13.2. The number of benzene rings is 1. The molecule has 1 N–H and O–H groups in total. The molecule has 0 heterocycles. The van der Waals surface area contributed by atoms with Gasteiger partial charge >= 0.3 is 5.97 Å². The molecule has 0 radical (unpaired) electrons. The predicted molar refractivity (Wildman–Crippen MR) is 71.8 cm³/mol. The molecule has 0 bridgehead atoms. The second-order valence-electron chi connectivity index (χ2n) is 4.96. The lowest BCUT2D eigenvalue weighted by Crippen LogP contribution is -2.31. The van der Waals surface area contributed by atoms with Crippen LogP contribution >= 0.6 is 11.6 Å². The third kappa shape index (κ3) is 3.67. The molecule has 5 heteroatoms. The number of halogens is 2. The van der Waals surface area contributed by atoms with Crippen molar-refractivity contribution < 1.29 is 14.3 Å². The Bertz CT molecular complexity index is 477. The molecule has 1 atom stereocenters. The van der Waals surface area contributed by atoms with Gasteiger partial charge in [0.25, 0.3) is 0 Å². The van der Waals surface area contributed by atoms with E-state index in [-0.39, 0.29) is 17.5 Å². The van der Waals surface area contributed by atoms with Crippen LogP contribution in [-0.2, 0) is 4.79 Å². The Labute approximate surface area is 117 Å². The molecule has 0 amide bonds. The molecule has 1 aliphatic rings. The number of aliphatic carboxylic acids is 1. The third-order valence-electron chi connectivity index (χ3n) is 3.52. The summed E-state index contributed by atoms with van der Waals surface area (Å²) in [6.07, 6.45) is 2.31. The number of hydrogen-bond acceptors (Lipinski definition) is 2. The summed E-state index contributed by atoms with van der Waals surface area (Å²) in [5.41, 5.74) is 0.920.